The first kappa shape index (κ1) is 21.6. The molecule has 1 N–H and O–H groups in total. The first-order valence-corrected chi connectivity index (χ1v) is 11.3. The molecule has 0 aliphatic rings. The van der Waals surface area contributed by atoms with Crippen molar-refractivity contribution < 1.29 is 17.9 Å². The zero-order valence-corrected chi connectivity index (χ0v) is 18.2. The first-order chi connectivity index (χ1) is 14.3. The average Bonchev–Trinajstić information content (AvgIpc) is 2.72. The van der Waals surface area contributed by atoms with Crippen molar-refractivity contribution in [1.82, 2.24) is 0 Å². The van der Waals surface area contributed by atoms with Crippen molar-refractivity contribution in [3.63, 3.8) is 0 Å². The standard InChI is InChI=1S/C23H26N2O4S/c1-4-5-15-29-23(26)17-9-6-10-18(16-17)24-30(27,28)22-14-8-11-19-20(22)12-7-13-21(19)25(2)3/h6-14,16,24H,4-5,15H2,1-3H3. The van der Waals surface area contributed by atoms with Crippen molar-refractivity contribution in [2.24, 2.45) is 0 Å². The number of ether oxygens (including phenoxy) is 1. The summed E-state index contributed by atoms with van der Waals surface area (Å²) in [6.45, 7) is 2.35. The minimum atomic E-state index is -3.87. The van der Waals surface area contributed by atoms with Crippen LogP contribution in [0.3, 0.4) is 0 Å². The summed E-state index contributed by atoms with van der Waals surface area (Å²) >= 11 is 0. The van der Waals surface area contributed by atoms with Crippen LogP contribution in [0.25, 0.3) is 10.8 Å². The molecule has 0 saturated heterocycles. The maximum atomic E-state index is 13.1. The van der Waals surface area contributed by atoms with Crippen molar-refractivity contribution in [2.45, 2.75) is 24.7 Å². The third-order valence-electron chi connectivity index (χ3n) is 4.71. The summed E-state index contributed by atoms with van der Waals surface area (Å²) in [7, 11) is -0.0345. The van der Waals surface area contributed by atoms with Crippen LogP contribution in [0.2, 0.25) is 0 Å². The van der Waals surface area contributed by atoms with E-state index in [-0.39, 0.29) is 4.90 Å². The number of carbonyl (C=O) groups is 1. The van der Waals surface area contributed by atoms with Gasteiger partial charge in [-0.3, -0.25) is 4.72 Å². The fourth-order valence-electron chi connectivity index (χ4n) is 3.20. The van der Waals surface area contributed by atoms with E-state index in [9.17, 15) is 13.2 Å². The summed E-state index contributed by atoms with van der Waals surface area (Å²) in [4.78, 5) is 14.3. The van der Waals surface area contributed by atoms with E-state index in [1.54, 1.807) is 36.4 Å². The van der Waals surface area contributed by atoms with Crippen LogP contribution in [0.4, 0.5) is 11.4 Å². The SMILES string of the molecule is CCCCOC(=O)c1cccc(NS(=O)(=O)c2cccc3c(N(C)C)cccc23)c1. The fraction of sp³-hybridized carbons (Fsp3) is 0.261. The molecule has 158 valence electrons. The minimum Gasteiger partial charge on any atom is -0.462 e. The summed E-state index contributed by atoms with van der Waals surface area (Å²) in [5.41, 5.74) is 1.54. The number of rotatable bonds is 8. The monoisotopic (exact) mass is 426 g/mol. The van der Waals surface area contributed by atoms with Gasteiger partial charge in [0.15, 0.2) is 0 Å². The molecule has 0 amide bonds. The highest BCUT2D eigenvalue weighted by atomic mass is 32.2. The summed E-state index contributed by atoms with van der Waals surface area (Å²) in [6, 6.07) is 17.1. The van der Waals surface area contributed by atoms with Crippen LogP contribution in [0, 0.1) is 0 Å². The molecule has 0 aromatic heterocycles. The van der Waals surface area contributed by atoms with E-state index >= 15 is 0 Å². The summed E-state index contributed by atoms with van der Waals surface area (Å²) < 4.78 is 34.1. The van der Waals surface area contributed by atoms with Gasteiger partial charge in [-0.25, -0.2) is 13.2 Å². The number of sulfonamides is 1. The number of fused-ring (bicyclic) bond motifs is 1. The van der Waals surface area contributed by atoms with Gasteiger partial charge in [0.25, 0.3) is 10.0 Å². The number of nitrogens with zero attached hydrogens (tertiary/aromatic N) is 1. The highest BCUT2D eigenvalue weighted by Crippen LogP contribution is 2.31. The minimum absolute atomic E-state index is 0.180. The molecule has 0 aliphatic heterocycles. The first-order valence-electron chi connectivity index (χ1n) is 9.82. The highest BCUT2D eigenvalue weighted by molar-refractivity contribution is 7.93. The quantitative estimate of drug-likeness (QED) is 0.419. The highest BCUT2D eigenvalue weighted by Gasteiger charge is 2.19. The molecule has 0 fully saturated rings. The maximum Gasteiger partial charge on any atom is 0.338 e. The number of anilines is 2. The van der Waals surface area contributed by atoms with E-state index < -0.39 is 16.0 Å². The van der Waals surface area contributed by atoms with Gasteiger partial charge in [0.05, 0.1) is 17.1 Å². The third-order valence-corrected chi connectivity index (χ3v) is 6.15. The van der Waals surface area contributed by atoms with Gasteiger partial charge in [-0.05, 0) is 36.8 Å². The lowest BCUT2D eigenvalue weighted by atomic mass is 10.1. The fourth-order valence-corrected chi connectivity index (χ4v) is 4.47. The third kappa shape index (κ3) is 4.74. The molecule has 0 atom stereocenters. The Bertz CT molecular complexity index is 1160. The Morgan fingerprint density at radius 3 is 2.43 bits per heavy atom. The predicted molar refractivity (Wildman–Crippen MR) is 121 cm³/mol. The molecular weight excluding hydrogens is 400 g/mol. The van der Waals surface area contributed by atoms with Crippen LogP contribution >= 0.6 is 0 Å². The van der Waals surface area contributed by atoms with Crippen LogP contribution in [-0.2, 0) is 14.8 Å². The Kier molecular flexibility index (Phi) is 6.62. The van der Waals surface area contributed by atoms with Crippen LogP contribution in [-0.4, -0.2) is 35.1 Å². The lowest BCUT2D eigenvalue weighted by Crippen LogP contribution is -2.15. The number of esters is 1. The molecule has 6 nitrogen and oxygen atoms in total. The molecule has 0 unspecified atom stereocenters. The van der Waals surface area contributed by atoms with E-state index in [0.717, 1.165) is 23.9 Å². The van der Waals surface area contributed by atoms with Crippen LogP contribution in [0.5, 0.6) is 0 Å². The molecule has 30 heavy (non-hydrogen) atoms. The van der Waals surface area contributed by atoms with Gasteiger partial charge >= 0.3 is 5.97 Å². The summed E-state index contributed by atoms with van der Waals surface area (Å²) in [5, 5.41) is 1.48. The van der Waals surface area contributed by atoms with E-state index in [1.165, 1.54) is 6.07 Å². The number of hydrogen-bond acceptors (Lipinski definition) is 5. The van der Waals surface area contributed by atoms with E-state index in [2.05, 4.69) is 4.72 Å². The van der Waals surface area contributed by atoms with Gasteiger partial charge in [0.2, 0.25) is 0 Å². The molecule has 3 aromatic carbocycles. The second-order valence-corrected chi connectivity index (χ2v) is 8.85. The largest absolute Gasteiger partial charge is 0.462 e. The number of unbranched alkanes of at least 4 members (excludes halogenated alkanes) is 1. The zero-order chi connectivity index (χ0) is 21.7. The molecule has 7 heteroatoms. The van der Waals surface area contributed by atoms with Gasteiger partial charge < -0.3 is 9.64 Å². The van der Waals surface area contributed by atoms with Crippen LogP contribution in [0.1, 0.15) is 30.1 Å². The smallest absolute Gasteiger partial charge is 0.338 e. The number of nitrogens with one attached hydrogen (secondary N) is 1. The van der Waals surface area contributed by atoms with Gasteiger partial charge in [-0.2, -0.15) is 0 Å². The lowest BCUT2D eigenvalue weighted by Gasteiger charge is -2.17. The maximum absolute atomic E-state index is 13.1. The zero-order valence-electron chi connectivity index (χ0n) is 17.4. The van der Waals surface area contributed by atoms with E-state index in [0.29, 0.717) is 23.2 Å². The van der Waals surface area contributed by atoms with Gasteiger partial charge in [-0.1, -0.05) is 43.7 Å². The summed E-state index contributed by atoms with van der Waals surface area (Å²) in [6.07, 6.45) is 1.71. The average molecular weight is 427 g/mol. The van der Waals surface area contributed by atoms with E-state index in [4.69, 9.17) is 4.74 Å². The Labute approximate surface area is 177 Å². The molecule has 0 aliphatic carbocycles. The molecular formula is C23H26N2O4S. The Balaban J connectivity index is 1.92. The van der Waals surface area contributed by atoms with Crippen molar-refractivity contribution in [1.29, 1.82) is 0 Å². The topological polar surface area (TPSA) is 75.7 Å². The van der Waals surface area contributed by atoms with Crippen molar-refractivity contribution >= 4 is 38.1 Å². The number of benzene rings is 3. The molecule has 0 bridgehead atoms. The number of hydrogen-bond donors (Lipinski definition) is 1. The molecule has 0 heterocycles. The second-order valence-electron chi connectivity index (χ2n) is 7.20. The Morgan fingerprint density at radius 1 is 1.00 bits per heavy atom. The van der Waals surface area contributed by atoms with Gasteiger partial charge in [0.1, 0.15) is 0 Å². The molecule has 0 spiro atoms. The normalized spacial score (nSPS) is 11.3. The van der Waals surface area contributed by atoms with Gasteiger partial charge in [0, 0.05) is 36.2 Å². The molecule has 3 aromatic rings. The lowest BCUT2D eigenvalue weighted by molar-refractivity contribution is 0.0500. The molecule has 0 radical (unpaired) electrons. The number of carbonyl (C=O) groups excluding carboxylic acids is 1. The Morgan fingerprint density at radius 2 is 1.70 bits per heavy atom. The predicted octanol–water partition coefficient (Wildman–Crippen LogP) is 4.66. The van der Waals surface area contributed by atoms with Crippen molar-refractivity contribution in [2.75, 3.05) is 30.3 Å². The molecule has 3 rings (SSSR count). The van der Waals surface area contributed by atoms with E-state index in [1.807, 2.05) is 44.1 Å². The van der Waals surface area contributed by atoms with Crippen molar-refractivity contribution in [3.8, 4) is 0 Å². The second kappa shape index (κ2) is 9.17. The molecule has 0 saturated carbocycles. The van der Waals surface area contributed by atoms with Crippen LogP contribution < -0.4 is 9.62 Å². The Hall–Kier alpha value is -3.06. The van der Waals surface area contributed by atoms with Crippen molar-refractivity contribution in [3.05, 3.63) is 66.2 Å². The van der Waals surface area contributed by atoms with Gasteiger partial charge in [-0.15, -0.1) is 0 Å². The summed E-state index contributed by atoms with van der Waals surface area (Å²) in [5.74, 6) is -0.467. The van der Waals surface area contributed by atoms with Crippen LogP contribution in [0.15, 0.2) is 65.6 Å².